The van der Waals surface area contributed by atoms with Crippen molar-refractivity contribution in [1.82, 2.24) is 5.32 Å². The molecule has 0 unspecified atom stereocenters. The van der Waals surface area contributed by atoms with Crippen LogP contribution in [0.15, 0.2) is 18.2 Å². The third-order valence-corrected chi connectivity index (χ3v) is 2.39. The predicted octanol–water partition coefficient (Wildman–Crippen LogP) is 1.22. The van der Waals surface area contributed by atoms with Gasteiger partial charge in [-0.15, -0.1) is 0 Å². The van der Waals surface area contributed by atoms with Crippen molar-refractivity contribution in [2.45, 2.75) is 12.6 Å². The van der Waals surface area contributed by atoms with Crippen molar-refractivity contribution < 1.29 is 14.1 Å². The second-order valence-corrected chi connectivity index (χ2v) is 3.69. The number of nitro benzene ring substituents is 1. The van der Waals surface area contributed by atoms with Crippen LogP contribution in [0.5, 0.6) is 0 Å². The van der Waals surface area contributed by atoms with E-state index in [1.165, 1.54) is 12.1 Å². The predicted molar refractivity (Wildman–Crippen MR) is 54.5 cm³/mol. The number of halogens is 1. The molecule has 1 fully saturated rings. The number of benzene rings is 1. The number of nitro groups is 1. The third kappa shape index (κ3) is 2.53. The highest BCUT2D eigenvalue weighted by Crippen LogP contribution is 2.16. The maximum atomic E-state index is 13.1. The zero-order valence-corrected chi connectivity index (χ0v) is 8.48. The SMILES string of the molecule is O=[N+]([O-])c1cc(F)cc(CNC2COC2)c1. The molecule has 0 aromatic heterocycles. The molecule has 6 heteroatoms. The average Bonchev–Trinajstić information content (AvgIpc) is 2.14. The van der Waals surface area contributed by atoms with E-state index in [4.69, 9.17) is 4.74 Å². The van der Waals surface area contributed by atoms with E-state index in [2.05, 4.69) is 5.32 Å². The minimum Gasteiger partial charge on any atom is -0.378 e. The largest absolute Gasteiger partial charge is 0.378 e. The topological polar surface area (TPSA) is 64.4 Å². The van der Waals surface area contributed by atoms with E-state index in [-0.39, 0.29) is 11.7 Å². The lowest BCUT2D eigenvalue weighted by Crippen LogP contribution is -2.45. The molecule has 2 rings (SSSR count). The minimum absolute atomic E-state index is 0.221. The van der Waals surface area contributed by atoms with Crippen molar-refractivity contribution in [3.63, 3.8) is 0 Å². The highest BCUT2D eigenvalue weighted by atomic mass is 19.1. The maximum absolute atomic E-state index is 13.1. The summed E-state index contributed by atoms with van der Waals surface area (Å²) in [7, 11) is 0. The summed E-state index contributed by atoms with van der Waals surface area (Å²) in [6.45, 7) is 1.68. The number of rotatable bonds is 4. The molecule has 86 valence electrons. The van der Waals surface area contributed by atoms with Crippen molar-refractivity contribution in [2.24, 2.45) is 0 Å². The van der Waals surface area contributed by atoms with Crippen molar-refractivity contribution in [2.75, 3.05) is 13.2 Å². The fourth-order valence-corrected chi connectivity index (χ4v) is 1.46. The Hall–Kier alpha value is -1.53. The molecular weight excluding hydrogens is 215 g/mol. The lowest BCUT2D eigenvalue weighted by Gasteiger charge is -2.26. The Balaban J connectivity index is 2.04. The summed E-state index contributed by atoms with van der Waals surface area (Å²) in [5.41, 5.74) is 0.347. The number of ether oxygens (including phenoxy) is 1. The number of non-ortho nitro benzene ring substituents is 1. The van der Waals surface area contributed by atoms with Crippen LogP contribution in [0.4, 0.5) is 10.1 Å². The van der Waals surface area contributed by atoms with Crippen LogP contribution in [0.2, 0.25) is 0 Å². The average molecular weight is 226 g/mol. The van der Waals surface area contributed by atoms with Crippen LogP contribution in [0.25, 0.3) is 0 Å². The molecule has 0 aliphatic carbocycles. The van der Waals surface area contributed by atoms with Gasteiger partial charge < -0.3 is 10.1 Å². The summed E-state index contributed by atoms with van der Waals surface area (Å²) in [6, 6.07) is 3.84. The molecule has 0 bridgehead atoms. The summed E-state index contributed by atoms with van der Waals surface area (Å²) in [6.07, 6.45) is 0. The molecular formula is C10H11FN2O3. The first-order valence-electron chi connectivity index (χ1n) is 4.90. The van der Waals surface area contributed by atoms with Gasteiger partial charge in [0.2, 0.25) is 0 Å². The maximum Gasteiger partial charge on any atom is 0.272 e. The van der Waals surface area contributed by atoms with E-state index in [1.54, 1.807) is 0 Å². The summed E-state index contributed by atoms with van der Waals surface area (Å²) in [5, 5.41) is 13.6. The fourth-order valence-electron chi connectivity index (χ4n) is 1.46. The van der Waals surface area contributed by atoms with Crippen LogP contribution in [0.1, 0.15) is 5.56 Å². The lowest BCUT2D eigenvalue weighted by molar-refractivity contribution is -0.385. The van der Waals surface area contributed by atoms with E-state index in [1.807, 2.05) is 0 Å². The Morgan fingerprint density at radius 1 is 1.50 bits per heavy atom. The number of hydrogen-bond donors (Lipinski definition) is 1. The summed E-state index contributed by atoms with van der Waals surface area (Å²) < 4.78 is 18.0. The van der Waals surface area contributed by atoms with Crippen molar-refractivity contribution in [1.29, 1.82) is 0 Å². The monoisotopic (exact) mass is 226 g/mol. The molecule has 1 aromatic carbocycles. The Morgan fingerprint density at radius 3 is 2.81 bits per heavy atom. The zero-order valence-electron chi connectivity index (χ0n) is 8.48. The van der Waals surface area contributed by atoms with Crippen LogP contribution in [0, 0.1) is 15.9 Å². The molecule has 0 spiro atoms. The number of nitrogens with zero attached hydrogens (tertiary/aromatic N) is 1. The fraction of sp³-hybridized carbons (Fsp3) is 0.400. The van der Waals surface area contributed by atoms with E-state index in [0.29, 0.717) is 25.3 Å². The molecule has 0 radical (unpaired) electrons. The van der Waals surface area contributed by atoms with Gasteiger partial charge in [-0.1, -0.05) is 0 Å². The summed E-state index contributed by atoms with van der Waals surface area (Å²) >= 11 is 0. The molecule has 5 nitrogen and oxygen atoms in total. The van der Waals surface area contributed by atoms with Gasteiger partial charge >= 0.3 is 0 Å². The minimum atomic E-state index is -0.598. The van der Waals surface area contributed by atoms with Crippen LogP contribution < -0.4 is 5.32 Å². The van der Waals surface area contributed by atoms with Gasteiger partial charge in [0.1, 0.15) is 5.82 Å². The molecule has 0 atom stereocenters. The number of nitrogens with one attached hydrogen (secondary N) is 1. The number of hydrogen-bond acceptors (Lipinski definition) is 4. The first-order chi connectivity index (χ1) is 7.65. The third-order valence-electron chi connectivity index (χ3n) is 2.39. The molecule has 1 saturated heterocycles. The van der Waals surface area contributed by atoms with Crippen LogP contribution >= 0.6 is 0 Å². The van der Waals surface area contributed by atoms with Crippen LogP contribution in [0.3, 0.4) is 0 Å². The highest BCUT2D eigenvalue weighted by Gasteiger charge is 2.17. The molecule has 0 amide bonds. The zero-order chi connectivity index (χ0) is 11.5. The normalized spacial score (nSPS) is 15.8. The van der Waals surface area contributed by atoms with Gasteiger partial charge in [0.25, 0.3) is 5.69 Å². The quantitative estimate of drug-likeness (QED) is 0.619. The molecule has 1 aromatic rings. The van der Waals surface area contributed by atoms with Gasteiger partial charge in [0.05, 0.1) is 30.2 Å². The summed E-state index contributed by atoms with van der Waals surface area (Å²) in [5.74, 6) is -0.587. The van der Waals surface area contributed by atoms with Gasteiger partial charge in [0.15, 0.2) is 0 Å². The van der Waals surface area contributed by atoms with Gasteiger partial charge in [-0.3, -0.25) is 10.1 Å². The van der Waals surface area contributed by atoms with E-state index in [0.717, 1.165) is 6.07 Å². The van der Waals surface area contributed by atoms with E-state index < -0.39 is 10.7 Å². The molecule has 16 heavy (non-hydrogen) atoms. The van der Waals surface area contributed by atoms with Crippen molar-refractivity contribution in [3.05, 3.63) is 39.7 Å². The Bertz CT molecular complexity index is 407. The van der Waals surface area contributed by atoms with Crippen LogP contribution in [-0.2, 0) is 11.3 Å². The second-order valence-electron chi connectivity index (χ2n) is 3.69. The molecule has 1 aliphatic rings. The summed E-state index contributed by atoms with van der Waals surface area (Å²) in [4.78, 5) is 9.91. The molecule has 1 heterocycles. The molecule has 1 aliphatic heterocycles. The van der Waals surface area contributed by atoms with Gasteiger partial charge in [-0.05, 0) is 11.6 Å². The second kappa shape index (κ2) is 4.54. The van der Waals surface area contributed by atoms with Gasteiger partial charge in [0, 0.05) is 12.6 Å². The Labute approximate surface area is 91.4 Å². The molecule has 0 saturated carbocycles. The van der Waals surface area contributed by atoms with E-state index in [9.17, 15) is 14.5 Å². The first kappa shape index (κ1) is 11.0. The first-order valence-corrected chi connectivity index (χ1v) is 4.90. The van der Waals surface area contributed by atoms with Gasteiger partial charge in [-0.25, -0.2) is 4.39 Å². The highest BCUT2D eigenvalue weighted by molar-refractivity contribution is 5.35. The lowest BCUT2D eigenvalue weighted by atomic mass is 10.1. The van der Waals surface area contributed by atoms with Crippen molar-refractivity contribution >= 4 is 5.69 Å². The standard InChI is InChI=1S/C10H11FN2O3/c11-8-1-7(2-10(3-8)13(14)15)4-12-9-5-16-6-9/h1-3,9,12H,4-6H2. The Kier molecular flexibility index (Phi) is 3.12. The van der Waals surface area contributed by atoms with E-state index >= 15 is 0 Å². The smallest absolute Gasteiger partial charge is 0.272 e. The van der Waals surface area contributed by atoms with Crippen LogP contribution in [-0.4, -0.2) is 24.2 Å². The van der Waals surface area contributed by atoms with Gasteiger partial charge in [-0.2, -0.15) is 0 Å². The molecule has 1 N–H and O–H groups in total. The van der Waals surface area contributed by atoms with Crippen molar-refractivity contribution in [3.8, 4) is 0 Å². The Morgan fingerprint density at radius 2 is 2.25 bits per heavy atom.